The van der Waals surface area contributed by atoms with Crippen molar-refractivity contribution in [2.45, 2.75) is 58.4 Å². The quantitative estimate of drug-likeness (QED) is 0.145. The third-order valence-electron chi connectivity index (χ3n) is 7.31. The van der Waals surface area contributed by atoms with Crippen molar-refractivity contribution in [3.8, 4) is 23.0 Å². The highest BCUT2D eigenvalue weighted by Gasteiger charge is 2.33. The number of halogens is 1. The lowest BCUT2D eigenvalue weighted by atomic mass is 9.84. The van der Waals surface area contributed by atoms with Gasteiger partial charge in [0, 0.05) is 29.0 Å². The van der Waals surface area contributed by atoms with Crippen LogP contribution in [0.3, 0.4) is 0 Å². The van der Waals surface area contributed by atoms with E-state index in [2.05, 4.69) is 6.07 Å². The Hall–Kier alpha value is -4.12. The van der Waals surface area contributed by atoms with E-state index in [9.17, 15) is 9.59 Å². The van der Waals surface area contributed by atoms with E-state index in [-0.39, 0.29) is 54.8 Å². The molecule has 0 amide bonds. The Kier molecular flexibility index (Phi) is 10.5. The highest BCUT2D eigenvalue weighted by atomic mass is 32.1. The van der Waals surface area contributed by atoms with E-state index in [0.29, 0.717) is 35.7 Å². The van der Waals surface area contributed by atoms with Crippen LogP contribution >= 0.6 is 11.3 Å². The van der Waals surface area contributed by atoms with E-state index in [0.717, 1.165) is 18.4 Å². The van der Waals surface area contributed by atoms with Crippen LogP contribution in [0.25, 0.3) is 0 Å². The molecule has 0 atom stereocenters. The number of carboxylic acids is 1. The molecule has 2 heterocycles. The molecule has 0 unspecified atom stereocenters. The van der Waals surface area contributed by atoms with Gasteiger partial charge in [-0.25, -0.2) is 4.39 Å². The molecular formula is C33H39FN2O7S. The van der Waals surface area contributed by atoms with Crippen LogP contribution in [0.5, 0.6) is 23.0 Å². The summed E-state index contributed by atoms with van der Waals surface area (Å²) in [5.74, 6) is -0.945. The van der Waals surface area contributed by atoms with Gasteiger partial charge in [0.1, 0.15) is 5.84 Å². The SMILES string of the molecule is COc1cc2c(c(F)c1OC)C(=N)N(CC(=O)c1cc(OCCCc3cccs3)c(OCCCC(=O)O)c(C(C)(C)C)c1)C2. The highest BCUT2D eigenvalue weighted by Crippen LogP contribution is 2.41. The van der Waals surface area contributed by atoms with Gasteiger partial charge in [-0.15, -0.1) is 11.3 Å². The van der Waals surface area contributed by atoms with Crippen LogP contribution < -0.4 is 18.9 Å². The Bertz CT molecular complexity index is 1520. The number of nitrogens with one attached hydrogen (secondary N) is 1. The first kappa shape index (κ1) is 32.8. The number of benzene rings is 2. The number of carbonyl (C=O) groups excluding carboxylic acids is 1. The number of Topliss-reactive ketones (excluding diaryl/α,β-unsaturated/α-hetero) is 1. The molecule has 1 aromatic heterocycles. The zero-order valence-electron chi connectivity index (χ0n) is 25.8. The minimum Gasteiger partial charge on any atom is -0.493 e. The van der Waals surface area contributed by atoms with Crippen LogP contribution in [0.1, 0.15) is 72.0 Å². The number of carbonyl (C=O) groups is 2. The lowest BCUT2D eigenvalue weighted by Crippen LogP contribution is -2.30. The average Bonchev–Trinajstić information content (AvgIpc) is 3.60. The normalized spacial score (nSPS) is 12.7. The number of nitrogens with zero attached hydrogens (tertiary/aromatic N) is 1. The van der Waals surface area contributed by atoms with E-state index in [1.165, 1.54) is 24.0 Å². The fraction of sp³-hybridized carbons (Fsp3) is 0.424. The van der Waals surface area contributed by atoms with Crippen LogP contribution in [-0.4, -0.2) is 61.6 Å². The van der Waals surface area contributed by atoms with Gasteiger partial charge >= 0.3 is 5.97 Å². The maximum Gasteiger partial charge on any atom is 0.303 e. The van der Waals surface area contributed by atoms with Gasteiger partial charge in [-0.05, 0) is 59.9 Å². The molecule has 236 valence electrons. The minimum atomic E-state index is -0.901. The molecule has 0 bridgehead atoms. The minimum absolute atomic E-state index is 0.0268. The molecule has 0 fully saturated rings. The van der Waals surface area contributed by atoms with Crippen LogP contribution in [0.2, 0.25) is 0 Å². The Labute approximate surface area is 261 Å². The van der Waals surface area contributed by atoms with Gasteiger partial charge in [0.25, 0.3) is 0 Å². The molecule has 44 heavy (non-hydrogen) atoms. The average molecular weight is 627 g/mol. The van der Waals surface area contributed by atoms with E-state index < -0.39 is 17.2 Å². The van der Waals surface area contributed by atoms with Crippen molar-refractivity contribution in [3.63, 3.8) is 0 Å². The number of ether oxygens (including phenoxy) is 4. The summed E-state index contributed by atoms with van der Waals surface area (Å²) in [6, 6.07) is 9.13. The molecule has 0 spiro atoms. The predicted molar refractivity (Wildman–Crippen MR) is 167 cm³/mol. The molecule has 2 N–H and O–H groups in total. The van der Waals surface area contributed by atoms with Crippen LogP contribution in [0.15, 0.2) is 35.7 Å². The summed E-state index contributed by atoms with van der Waals surface area (Å²) >= 11 is 1.68. The smallest absolute Gasteiger partial charge is 0.303 e. The number of amidine groups is 1. The molecule has 0 radical (unpaired) electrons. The van der Waals surface area contributed by atoms with Crippen molar-refractivity contribution in [1.82, 2.24) is 4.90 Å². The maximum atomic E-state index is 15.3. The third-order valence-corrected chi connectivity index (χ3v) is 8.25. The van der Waals surface area contributed by atoms with E-state index in [1.807, 2.05) is 32.2 Å². The fourth-order valence-corrected chi connectivity index (χ4v) is 5.83. The number of carboxylic acid groups (broad SMARTS) is 1. The lowest BCUT2D eigenvalue weighted by molar-refractivity contribution is -0.137. The van der Waals surface area contributed by atoms with E-state index in [4.69, 9.17) is 29.5 Å². The summed E-state index contributed by atoms with van der Waals surface area (Å²) < 4.78 is 38.1. The van der Waals surface area contributed by atoms with Gasteiger partial charge in [0.15, 0.2) is 34.6 Å². The molecule has 0 saturated carbocycles. The Morgan fingerprint density at radius 2 is 1.80 bits per heavy atom. The summed E-state index contributed by atoms with van der Waals surface area (Å²) in [4.78, 5) is 27.6. The molecule has 0 aliphatic carbocycles. The van der Waals surface area contributed by atoms with Crippen LogP contribution in [0, 0.1) is 11.2 Å². The summed E-state index contributed by atoms with van der Waals surface area (Å²) in [6.45, 7) is 6.57. The molecule has 11 heteroatoms. The van der Waals surface area contributed by atoms with Crippen molar-refractivity contribution >= 4 is 28.9 Å². The number of aliphatic carboxylic acids is 1. The summed E-state index contributed by atoms with van der Waals surface area (Å²) in [5, 5.41) is 19.7. The predicted octanol–water partition coefficient (Wildman–Crippen LogP) is 6.48. The molecule has 1 aliphatic heterocycles. The highest BCUT2D eigenvalue weighted by molar-refractivity contribution is 7.09. The number of ketones is 1. The number of hydrogen-bond donors (Lipinski definition) is 2. The van der Waals surface area contributed by atoms with Crippen molar-refractivity contribution in [1.29, 1.82) is 5.41 Å². The second-order valence-electron chi connectivity index (χ2n) is 11.6. The second kappa shape index (κ2) is 14.1. The molecular weight excluding hydrogens is 587 g/mol. The zero-order chi connectivity index (χ0) is 32.0. The molecule has 9 nitrogen and oxygen atoms in total. The number of rotatable bonds is 15. The zero-order valence-corrected chi connectivity index (χ0v) is 26.6. The van der Waals surface area contributed by atoms with Gasteiger partial charge in [0.05, 0.1) is 39.5 Å². The summed E-state index contributed by atoms with van der Waals surface area (Å²) in [5.41, 5.74) is 1.30. The lowest BCUT2D eigenvalue weighted by Gasteiger charge is -2.26. The number of aryl methyl sites for hydroxylation is 1. The monoisotopic (exact) mass is 626 g/mol. The number of fused-ring (bicyclic) bond motifs is 1. The van der Waals surface area contributed by atoms with Crippen LogP contribution in [-0.2, 0) is 23.2 Å². The Balaban J connectivity index is 1.60. The second-order valence-corrected chi connectivity index (χ2v) is 12.6. The van der Waals surface area contributed by atoms with Gasteiger partial charge in [0.2, 0.25) is 0 Å². The standard InChI is InChI=1S/C33H39FN2O7S/c1-33(2,3)23-15-20(24(37)19-36-18-21-17-25(40-4)31(41-5)29(34)28(21)32(36)35)16-26(30(23)43-13-7-11-27(38)39)42-12-6-9-22-10-8-14-44-22/h8,10,14-17,35H,6-7,9,11-13,18-19H2,1-5H3,(H,38,39). The molecule has 3 aromatic rings. The summed E-state index contributed by atoms with van der Waals surface area (Å²) in [7, 11) is 2.75. The first-order chi connectivity index (χ1) is 20.9. The van der Waals surface area contributed by atoms with E-state index >= 15 is 4.39 Å². The van der Waals surface area contributed by atoms with Gasteiger partial charge in [-0.2, -0.15) is 0 Å². The molecule has 1 aliphatic rings. The molecule has 2 aromatic carbocycles. The maximum absolute atomic E-state index is 15.3. The van der Waals surface area contributed by atoms with Gasteiger partial charge < -0.3 is 29.0 Å². The van der Waals surface area contributed by atoms with Gasteiger partial charge in [-0.3, -0.25) is 15.0 Å². The van der Waals surface area contributed by atoms with Crippen molar-refractivity contribution in [3.05, 3.63) is 68.7 Å². The molecule has 4 rings (SSSR count). The molecule has 0 saturated heterocycles. The topological polar surface area (TPSA) is 118 Å². The third kappa shape index (κ3) is 7.50. The van der Waals surface area contributed by atoms with Crippen LogP contribution in [0.4, 0.5) is 4.39 Å². The first-order valence-corrected chi connectivity index (χ1v) is 15.3. The summed E-state index contributed by atoms with van der Waals surface area (Å²) in [6.07, 6.45) is 1.90. The fourth-order valence-electron chi connectivity index (χ4n) is 5.08. The van der Waals surface area contributed by atoms with Crippen molar-refractivity contribution in [2.75, 3.05) is 34.0 Å². The van der Waals surface area contributed by atoms with Gasteiger partial charge in [-0.1, -0.05) is 26.8 Å². The largest absolute Gasteiger partial charge is 0.493 e. The van der Waals surface area contributed by atoms with Crippen molar-refractivity contribution in [2.24, 2.45) is 0 Å². The Morgan fingerprint density at radius 3 is 2.43 bits per heavy atom. The van der Waals surface area contributed by atoms with Crippen molar-refractivity contribution < 1.29 is 38.0 Å². The number of methoxy groups -OCH3 is 2. The Morgan fingerprint density at radius 1 is 1.05 bits per heavy atom. The van der Waals surface area contributed by atoms with E-state index in [1.54, 1.807) is 29.5 Å². The number of hydrogen-bond acceptors (Lipinski definition) is 8. The first-order valence-electron chi connectivity index (χ1n) is 14.4. The number of thiophene rings is 1.